The third-order valence-electron chi connectivity index (χ3n) is 6.47. The summed E-state index contributed by atoms with van der Waals surface area (Å²) in [7, 11) is 0. The van der Waals surface area contributed by atoms with Crippen LogP contribution in [0.25, 0.3) is 21.5 Å². The normalized spacial score (nSPS) is 22.4. The van der Waals surface area contributed by atoms with Gasteiger partial charge in [0.1, 0.15) is 0 Å². The molecule has 28 heavy (non-hydrogen) atoms. The van der Waals surface area contributed by atoms with E-state index in [1.54, 1.807) is 11.3 Å². The summed E-state index contributed by atoms with van der Waals surface area (Å²) in [5.41, 5.74) is 4.89. The third kappa shape index (κ3) is 3.58. The average Bonchev–Trinajstić information content (AvgIpc) is 3.20. The van der Waals surface area contributed by atoms with Gasteiger partial charge in [-0.1, -0.05) is 32.8 Å². The molecule has 0 unspecified atom stereocenters. The molecule has 0 bridgehead atoms. The van der Waals surface area contributed by atoms with E-state index in [0.29, 0.717) is 11.8 Å². The van der Waals surface area contributed by atoms with Crippen molar-refractivity contribution in [1.82, 2.24) is 10.3 Å². The van der Waals surface area contributed by atoms with Crippen LogP contribution in [0.3, 0.4) is 0 Å². The van der Waals surface area contributed by atoms with Crippen molar-refractivity contribution in [3.63, 3.8) is 0 Å². The minimum atomic E-state index is 0.0272. The minimum absolute atomic E-state index is 0.0272. The van der Waals surface area contributed by atoms with E-state index in [1.165, 1.54) is 24.0 Å². The van der Waals surface area contributed by atoms with Gasteiger partial charge in [0.05, 0.1) is 21.7 Å². The highest BCUT2D eigenvalue weighted by atomic mass is 32.1. The predicted molar refractivity (Wildman–Crippen MR) is 118 cm³/mol. The highest BCUT2D eigenvalue weighted by molar-refractivity contribution is 7.13. The fourth-order valence-electron chi connectivity index (χ4n) is 4.26. The Hall–Kier alpha value is -2.20. The van der Waals surface area contributed by atoms with Gasteiger partial charge in [-0.3, -0.25) is 4.79 Å². The number of nitrogens with zero attached hydrogens (tertiary/aromatic N) is 1. The summed E-state index contributed by atoms with van der Waals surface area (Å²) < 4.78 is 0. The van der Waals surface area contributed by atoms with Crippen LogP contribution in [0, 0.1) is 25.7 Å². The Bertz CT molecular complexity index is 1010. The number of thiophene rings is 1. The summed E-state index contributed by atoms with van der Waals surface area (Å²) >= 11 is 1.65. The largest absolute Gasteiger partial charge is 0.349 e. The number of carbonyl (C=O) groups is 1. The molecule has 3 nitrogen and oxygen atoms in total. The molecule has 1 aliphatic rings. The first-order valence-corrected chi connectivity index (χ1v) is 11.1. The van der Waals surface area contributed by atoms with Gasteiger partial charge in [0.2, 0.25) is 0 Å². The molecule has 0 aliphatic heterocycles. The molecule has 146 valence electrons. The first-order valence-electron chi connectivity index (χ1n) is 10.2. The summed E-state index contributed by atoms with van der Waals surface area (Å²) in [5, 5.41) is 6.34. The maximum atomic E-state index is 13.4. The van der Waals surface area contributed by atoms with E-state index >= 15 is 0 Å². The lowest BCUT2D eigenvalue weighted by Crippen LogP contribution is -2.43. The second-order valence-corrected chi connectivity index (χ2v) is 9.28. The Balaban J connectivity index is 1.77. The van der Waals surface area contributed by atoms with Crippen LogP contribution in [0.1, 0.15) is 54.6 Å². The average molecular weight is 393 g/mol. The van der Waals surface area contributed by atoms with Gasteiger partial charge in [-0.25, -0.2) is 4.98 Å². The number of benzene rings is 1. The molecule has 3 aromatic rings. The molecule has 1 saturated carbocycles. The molecule has 2 aromatic heterocycles. The van der Waals surface area contributed by atoms with E-state index in [2.05, 4.69) is 51.2 Å². The molecular formula is C24H28N2OS. The van der Waals surface area contributed by atoms with Crippen LogP contribution in [0.15, 0.2) is 35.7 Å². The topological polar surface area (TPSA) is 42.0 Å². The van der Waals surface area contributed by atoms with Crippen LogP contribution in [-0.4, -0.2) is 16.9 Å². The SMILES string of the molecule is Cc1cc2nc(-c3cccs3)cc(C(=O)N[C@@H]3CCC[C@H](C)[C@@H]3C)c2cc1C. The van der Waals surface area contributed by atoms with Gasteiger partial charge in [0, 0.05) is 11.4 Å². The fourth-order valence-corrected chi connectivity index (χ4v) is 4.94. The van der Waals surface area contributed by atoms with Crippen molar-refractivity contribution in [1.29, 1.82) is 0 Å². The number of aryl methyl sites for hydroxylation is 2. The van der Waals surface area contributed by atoms with E-state index in [0.717, 1.165) is 33.5 Å². The Morgan fingerprint density at radius 1 is 1.14 bits per heavy atom. The van der Waals surface area contributed by atoms with E-state index in [1.807, 2.05) is 17.5 Å². The molecule has 1 amide bonds. The first kappa shape index (κ1) is 19.1. The zero-order chi connectivity index (χ0) is 19.8. The lowest BCUT2D eigenvalue weighted by Gasteiger charge is -2.34. The molecule has 0 radical (unpaired) electrons. The number of pyridine rings is 1. The predicted octanol–water partition coefficient (Wildman–Crippen LogP) is 6.13. The van der Waals surface area contributed by atoms with E-state index in [9.17, 15) is 4.79 Å². The summed E-state index contributed by atoms with van der Waals surface area (Å²) in [6.45, 7) is 8.75. The third-order valence-corrected chi connectivity index (χ3v) is 7.36. The Kier molecular flexibility index (Phi) is 5.24. The van der Waals surface area contributed by atoms with E-state index < -0.39 is 0 Å². The van der Waals surface area contributed by atoms with Crippen molar-refractivity contribution in [2.24, 2.45) is 11.8 Å². The smallest absolute Gasteiger partial charge is 0.252 e. The molecule has 4 rings (SSSR count). The summed E-state index contributed by atoms with van der Waals surface area (Å²) in [5.74, 6) is 1.19. The van der Waals surface area contributed by atoms with Crippen LogP contribution in [0.2, 0.25) is 0 Å². The number of aromatic nitrogens is 1. The van der Waals surface area contributed by atoms with Crippen LogP contribution in [0.4, 0.5) is 0 Å². The van der Waals surface area contributed by atoms with Crippen molar-refractivity contribution >= 4 is 28.1 Å². The van der Waals surface area contributed by atoms with Crippen molar-refractivity contribution in [2.75, 3.05) is 0 Å². The number of nitrogens with one attached hydrogen (secondary N) is 1. The molecule has 1 aliphatic carbocycles. The van der Waals surface area contributed by atoms with Crippen molar-refractivity contribution in [2.45, 2.75) is 53.0 Å². The van der Waals surface area contributed by atoms with E-state index in [-0.39, 0.29) is 11.9 Å². The van der Waals surface area contributed by atoms with Gasteiger partial charge >= 0.3 is 0 Å². The maximum Gasteiger partial charge on any atom is 0.252 e. The molecule has 1 aromatic carbocycles. The lowest BCUT2D eigenvalue weighted by molar-refractivity contribution is 0.0892. The summed E-state index contributed by atoms with van der Waals surface area (Å²) in [4.78, 5) is 19.3. The van der Waals surface area contributed by atoms with Gasteiger partial charge in [-0.05, 0) is 72.9 Å². The molecule has 0 spiro atoms. The van der Waals surface area contributed by atoms with Crippen molar-refractivity contribution < 1.29 is 4.79 Å². The second-order valence-electron chi connectivity index (χ2n) is 8.33. The van der Waals surface area contributed by atoms with Gasteiger partial charge in [-0.2, -0.15) is 0 Å². The second kappa shape index (κ2) is 7.67. The molecule has 1 fully saturated rings. The van der Waals surface area contributed by atoms with Crippen LogP contribution in [-0.2, 0) is 0 Å². The molecule has 4 heteroatoms. The highest BCUT2D eigenvalue weighted by Crippen LogP contribution is 2.32. The molecule has 3 atom stereocenters. The van der Waals surface area contributed by atoms with Gasteiger partial charge in [0.15, 0.2) is 0 Å². The zero-order valence-electron chi connectivity index (χ0n) is 17.1. The fraction of sp³-hybridized carbons (Fsp3) is 0.417. The van der Waals surface area contributed by atoms with Crippen LogP contribution >= 0.6 is 11.3 Å². The maximum absolute atomic E-state index is 13.4. The number of hydrogen-bond acceptors (Lipinski definition) is 3. The number of carbonyl (C=O) groups excluding carboxylic acids is 1. The van der Waals surface area contributed by atoms with Crippen LogP contribution in [0.5, 0.6) is 0 Å². The Morgan fingerprint density at radius 2 is 1.93 bits per heavy atom. The van der Waals surface area contributed by atoms with Gasteiger partial charge in [0.25, 0.3) is 5.91 Å². The summed E-state index contributed by atoms with van der Waals surface area (Å²) in [6.07, 6.45) is 3.51. The molecule has 1 N–H and O–H groups in total. The lowest BCUT2D eigenvalue weighted by atomic mass is 9.78. The Labute approximate surface area is 171 Å². The number of amides is 1. The Morgan fingerprint density at radius 3 is 2.68 bits per heavy atom. The van der Waals surface area contributed by atoms with Gasteiger partial charge in [-0.15, -0.1) is 11.3 Å². The van der Waals surface area contributed by atoms with Gasteiger partial charge < -0.3 is 5.32 Å². The standard InChI is InChI=1S/C24H28N2OS/c1-14-7-5-8-20(17(14)4)26-24(27)19-13-22(23-9-6-10-28-23)25-21-12-16(3)15(2)11-18(19)21/h6,9-14,17,20H,5,7-8H2,1-4H3,(H,26,27)/t14-,17-,20+/m0/s1. The van der Waals surface area contributed by atoms with E-state index in [4.69, 9.17) is 4.98 Å². The quantitative estimate of drug-likeness (QED) is 0.582. The minimum Gasteiger partial charge on any atom is -0.349 e. The highest BCUT2D eigenvalue weighted by Gasteiger charge is 2.29. The monoisotopic (exact) mass is 392 g/mol. The molecule has 0 saturated heterocycles. The van der Waals surface area contributed by atoms with Crippen molar-refractivity contribution in [3.8, 4) is 10.6 Å². The summed E-state index contributed by atoms with van der Waals surface area (Å²) in [6, 6.07) is 10.5. The van der Waals surface area contributed by atoms with Crippen LogP contribution < -0.4 is 5.32 Å². The molecular weight excluding hydrogens is 364 g/mol. The first-order chi connectivity index (χ1) is 13.4. The zero-order valence-corrected chi connectivity index (χ0v) is 17.9. The number of fused-ring (bicyclic) bond motifs is 1. The molecule has 2 heterocycles. The number of rotatable bonds is 3. The van der Waals surface area contributed by atoms with Crippen molar-refractivity contribution in [3.05, 3.63) is 52.4 Å². The number of hydrogen-bond donors (Lipinski definition) is 1.